The number of fused-ring (bicyclic) bond motifs is 1. The van der Waals surface area contributed by atoms with Crippen molar-refractivity contribution in [2.75, 3.05) is 5.32 Å². The van der Waals surface area contributed by atoms with Gasteiger partial charge in [0.25, 0.3) is 0 Å². The van der Waals surface area contributed by atoms with Crippen LogP contribution in [0.3, 0.4) is 0 Å². The highest BCUT2D eigenvalue weighted by atomic mass is 16.1. The number of rotatable bonds is 6. The van der Waals surface area contributed by atoms with E-state index in [4.69, 9.17) is 0 Å². The molecule has 0 atom stereocenters. The lowest BCUT2D eigenvalue weighted by atomic mass is 10.1. The number of amides is 1. The number of para-hydroxylation sites is 2. The highest BCUT2D eigenvalue weighted by Crippen LogP contribution is 2.22. The summed E-state index contributed by atoms with van der Waals surface area (Å²) in [6.45, 7) is 3.29. The van der Waals surface area contributed by atoms with Crippen LogP contribution in [0, 0.1) is 6.92 Å². The van der Waals surface area contributed by atoms with Crippen LogP contribution in [-0.4, -0.2) is 25.2 Å². The van der Waals surface area contributed by atoms with Gasteiger partial charge in [-0.3, -0.25) is 14.8 Å². The van der Waals surface area contributed by atoms with Crippen LogP contribution in [0.5, 0.6) is 0 Å². The van der Waals surface area contributed by atoms with Crippen molar-refractivity contribution in [1.29, 1.82) is 0 Å². The van der Waals surface area contributed by atoms with E-state index in [0.29, 0.717) is 25.5 Å². The molecular weight excluding hydrogens is 338 g/mol. The first-order valence-electron chi connectivity index (χ1n) is 8.98. The lowest BCUT2D eigenvalue weighted by Crippen LogP contribution is -2.18. The quantitative estimate of drug-likeness (QED) is 0.572. The molecule has 0 saturated carbocycles. The van der Waals surface area contributed by atoms with E-state index in [1.165, 1.54) is 11.1 Å². The molecule has 6 nitrogen and oxygen atoms in total. The molecule has 2 aromatic heterocycles. The van der Waals surface area contributed by atoms with Gasteiger partial charge in [-0.1, -0.05) is 36.4 Å². The lowest BCUT2D eigenvalue weighted by molar-refractivity contribution is -0.116. The van der Waals surface area contributed by atoms with Crippen LogP contribution in [0.2, 0.25) is 0 Å². The largest absolute Gasteiger partial charge is 0.305 e. The van der Waals surface area contributed by atoms with Gasteiger partial charge in [0.1, 0.15) is 0 Å². The topological polar surface area (TPSA) is 64.7 Å². The molecule has 1 N–H and O–H groups in total. The number of imidazole rings is 1. The summed E-state index contributed by atoms with van der Waals surface area (Å²) in [5.74, 6) is 0.497. The predicted octanol–water partition coefficient (Wildman–Crippen LogP) is 3.62. The number of nitrogens with zero attached hydrogens (tertiary/aromatic N) is 4. The maximum atomic E-state index is 12.5. The molecular formula is C21H21N5O. The molecule has 0 radical (unpaired) electrons. The van der Waals surface area contributed by atoms with Gasteiger partial charge in [0.05, 0.1) is 17.6 Å². The monoisotopic (exact) mass is 359 g/mol. The minimum atomic E-state index is -0.0770. The molecule has 4 aromatic rings. The van der Waals surface area contributed by atoms with Crippen LogP contribution in [0.4, 0.5) is 5.95 Å². The molecule has 0 bridgehead atoms. The van der Waals surface area contributed by atoms with E-state index in [1.807, 2.05) is 48.7 Å². The summed E-state index contributed by atoms with van der Waals surface area (Å²) in [6, 6.07) is 18.0. The Morgan fingerprint density at radius 2 is 1.89 bits per heavy atom. The van der Waals surface area contributed by atoms with E-state index in [2.05, 4.69) is 39.0 Å². The molecule has 0 unspecified atom stereocenters. The second kappa shape index (κ2) is 7.45. The Labute approximate surface area is 157 Å². The molecule has 0 aliphatic carbocycles. The molecule has 27 heavy (non-hydrogen) atoms. The minimum absolute atomic E-state index is 0.0770. The molecule has 0 spiro atoms. The summed E-state index contributed by atoms with van der Waals surface area (Å²) in [5, 5.41) is 7.10. The number of anilines is 1. The Hall–Kier alpha value is -3.41. The van der Waals surface area contributed by atoms with Crippen LogP contribution in [0.15, 0.2) is 67.0 Å². The third-order valence-electron chi connectivity index (χ3n) is 4.62. The van der Waals surface area contributed by atoms with Gasteiger partial charge < -0.3 is 4.57 Å². The third kappa shape index (κ3) is 3.74. The van der Waals surface area contributed by atoms with Crippen LogP contribution >= 0.6 is 0 Å². The average molecular weight is 359 g/mol. The summed E-state index contributed by atoms with van der Waals surface area (Å²) in [5.41, 5.74) is 4.29. The van der Waals surface area contributed by atoms with Gasteiger partial charge in [0.2, 0.25) is 11.9 Å². The van der Waals surface area contributed by atoms with E-state index in [0.717, 1.165) is 11.0 Å². The van der Waals surface area contributed by atoms with Crippen LogP contribution in [0.1, 0.15) is 17.5 Å². The van der Waals surface area contributed by atoms with E-state index < -0.39 is 0 Å². The molecule has 0 saturated heterocycles. The van der Waals surface area contributed by atoms with Crippen molar-refractivity contribution in [3.63, 3.8) is 0 Å². The maximum Gasteiger partial charge on any atom is 0.228 e. The van der Waals surface area contributed by atoms with Crippen molar-refractivity contribution in [2.45, 2.75) is 26.4 Å². The molecule has 6 heteroatoms. The second-order valence-corrected chi connectivity index (χ2v) is 6.50. The number of hydrogen-bond donors (Lipinski definition) is 1. The molecule has 2 heterocycles. The van der Waals surface area contributed by atoms with Gasteiger partial charge in [-0.15, -0.1) is 0 Å². The predicted molar refractivity (Wildman–Crippen MR) is 105 cm³/mol. The SMILES string of the molecule is Cc1ccccc1Cn1c(NC(=O)CCn2cccn2)nc2ccccc21. The fourth-order valence-corrected chi connectivity index (χ4v) is 3.12. The minimum Gasteiger partial charge on any atom is -0.305 e. The molecule has 136 valence electrons. The summed E-state index contributed by atoms with van der Waals surface area (Å²) < 4.78 is 3.80. The van der Waals surface area contributed by atoms with Gasteiger partial charge in [0.15, 0.2) is 0 Å². The Bertz CT molecular complexity index is 1070. The van der Waals surface area contributed by atoms with E-state index >= 15 is 0 Å². The van der Waals surface area contributed by atoms with Crippen LogP contribution < -0.4 is 5.32 Å². The van der Waals surface area contributed by atoms with Crippen LogP contribution in [-0.2, 0) is 17.9 Å². The fraction of sp³-hybridized carbons (Fsp3) is 0.190. The number of aromatic nitrogens is 4. The Balaban J connectivity index is 1.59. The number of nitrogens with one attached hydrogen (secondary N) is 1. The van der Waals surface area contributed by atoms with Crippen molar-refractivity contribution in [3.8, 4) is 0 Å². The maximum absolute atomic E-state index is 12.5. The third-order valence-corrected chi connectivity index (χ3v) is 4.62. The van der Waals surface area contributed by atoms with Crippen molar-refractivity contribution in [1.82, 2.24) is 19.3 Å². The summed E-state index contributed by atoms with van der Waals surface area (Å²) in [4.78, 5) is 17.1. The highest BCUT2D eigenvalue weighted by molar-refractivity contribution is 5.91. The Morgan fingerprint density at radius 1 is 1.07 bits per heavy atom. The number of aryl methyl sites for hydroxylation is 2. The summed E-state index contributed by atoms with van der Waals surface area (Å²) in [7, 11) is 0. The van der Waals surface area contributed by atoms with Crippen molar-refractivity contribution in [3.05, 3.63) is 78.1 Å². The first kappa shape index (κ1) is 17.0. The molecule has 2 aromatic carbocycles. The smallest absolute Gasteiger partial charge is 0.228 e. The normalized spacial score (nSPS) is 11.0. The van der Waals surface area contributed by atoms with Crippen LogP contribution in [0.25, 0.3) is 11.0 Å². The molecule has 1 amide bonds. The summed E-state index contributed by atoms with van der Waals surface area (Å²) in [6.07, 6.45) is 3.90. The van der Waals surface area contributed by atoms with Gasteiger partial charge >= 0.3 is 0 Å². The van der Waals surface area contributed by atoms with Crippen molar-refractivity contribution in [2.24, 2.45) is 0 Å². The van der Waals surface area contributed by atoms with E-state index in [1.54, 1.807) is 10.9 Å². The average Bonchev–Trinajstić information content (AvgIpc) is 3.30. The number of carbonyl (C=O) groups is 1. The summed E-state index contributed by atoms with van der Waals surface area (Å²) >= 11 is 0. The van der Waals surface area contributed by atoms with E-state index in [9.17, 15) is 4.79 Å². The number of hydrogen-bond acceptors (Lipinski definition) is 3. The fourth-order valence-electron chi connectivity index (χ4n) is 3.12. The molecule has 0 fully saturated rings. The molecule has 0 aliphatic heterocycles. The number of carbonyl (C=O) groups excluding carboxylic acids is 1. The Kier molecular flexibility index (Phi) is 4.70. The molecule has 4 rings (SSSR count). The second-order valence-electron chi connectivity index (χ2n) is 6.50. The highest BCUT2D eigenvalue weighted by Gasteiger charge is 2.14. The lowest BCUT2D eigenvalue weighted by Gasteiger charge is -2.12. The van der Waals surface area contributed by atoms with Gasteiger partial charge in [-0.2, -0.15) is 5.10 Å². The van der Waals surface area contributed by atoms with Crippen molar-refractivity contribution < 1.29 is 4.79 Å². The standard InChI is InChI=1S/C21H21N5O/c1-16-7-2-3-8-17(16)15-26-19-10-5-4-9-18(19)23-21(26)24-20(27)11-14-25-13-6-12-22-25/h2-10,12-13H,11,14-15H2,1H3,(H,23,24,27). The Morgan fingerprint density at radius 3 is 2.70 bits per heavy atom. The van der Waals surface area contributed by atoms with Gasteiger partial charge in [0, 0.05) is 25.4 Å². The molecule has 0 aliphatic rings. The van der Waals surface area contributed by atoms with Crippen molar-refractivity contribution >= 4 is 22.9 Å². The first-order chi connectivity index (χ1) is 13.2. The van der Waals surface area contributed by atoms with E-state index in [-0.39, 0.29) is 5.91 Å². The zero-order valence-corrected chi connectivity index (χ0v) is 15.2. The zero-order valence-electron chi connectivity index (χ0n) is 15.2. The zero-order chi connectivity index (χ0) is 18.6. The number of benzene rings is 2. The van der Waals surface area contributed by atoms with Gasteiger partial charge in [-0.05, 0) is 36.2 Å². The van der Waals surface area contributed by atoms with Gasteiger partial charge in [-0.25, -0.2) is 4.98 Å². The first-order valence-corrected chi connectivity index (χ1v) is 8.98.